The molecule has 0 aliphatic rings. The molecule has 1 N–H and O–H groups in total. The van der Waals surface area contributed by atoms with Crippen LogP contribution in [0.1, 0.15) is 5.56 Å². The minimum atomic E-state index is 0.135. The van der Waals surface area contributed by atoms with Crippen molar-refractivity contribution in [2.75, 3.05) is 7.11 Å². The van der Waals surface area contributed by atoms with Crippen molar-refractivity contribution in [2.45, 2.75) is 6.92 Å². The number of hydrogen-bond acceptors (Lipinski definition) is 4. The minimum absolute atomic E-state index is 0.135. The van der Waals surface area contributed by atoms with Gasteiger partial charge in [0, 0.05) is 11.1 Å². The van der Waals surface area contributed by atoms with Crippen LogP contribution in [-0.2, 0) is 0 Å². The molecule has 4 nitrogen and oxygen atoms in total. The van der Waals surface area contributed by atoms with Crippen molar-refractivity contribution < 1.29 is 14.3 Å². The maximum atomic E-state index is 10.1. The number of methoxy groups -OCH3 is 1. The van der Waals surface area contributed by atoms with Crippen molar-refractivity contribution in [1.29, 1.82) is 0 Å². The lowest BCUT2D eigenvalue weighted by Gasteiger charge is -2.04. The lowest BCUT2D eigenvalue weighted by Crippen LogP contribution is -1.85. The van der Waals surface area contributed by atoms with Gasteiger partial charge in [0.05, 0.1) is 20.5 Å². The minimum Gasteiger partial charge on any atom is -0.506 e. The molecule has 3 rings (SSSR count). The largest absolute Gasteiger partial charge is 0.506 e. The summed E-state index contributed by atoms with van der Waals surface area (Å²) in [5, 5.41) is 10.1. The lowest BCUT2D eigenvalue weighted by molar-refractivity contribution is 0.412. The molecule has 2 aromatic carbocycles. The van der Waals surface area contributed by atoms with Gasteiger partial charge < -0.3 is 14.3 Å². The van der Waals surface area contributed by atoms with Crippen LogP contribution in [0.3, 0.4) is 0 Å². The second-order valence-corrected chi connectivity index (χ2v) is 7.09. The first-order chi connectivity index (χ1) is 10.4. The normalized spacial score (nSPS) is 11.1. The van der Waals surface area contributed by atoms with Gasteiger partial charge >= 0.3 is 0 Å². The molecule has 1 aromatic heterocycles. The lowest BCUT2D eigenvalue weighted by atomic mass is 10.2. The average Bonchev–Trinajstić information content (AvgIpc) is 2.96. The van der Waals surface area contributed by atoms with Crippen molar-refractivity contribution in [1.82, 2.24) is 4.98 Å². The van der Waals surface area contributed by atoms with Crippen LogP contribution in [0, 0.1) is 6.92 Å². The van der Waals surface area contributed by atoms with Gasteiger partial charge in [-0.25, -0.2) is 4.98 Å². The standard InChI is InChI=1S/C15H10Br3NO3/c1-6-13(20)11(18)10(17)12-14(6)22-15(19-12)7-3-4-8(16)9(5-7)21-2/h3-5,20H,1-2H3. The summed E-state index contributed by atoms with van der Waals surface area (Å²) in [4.78, 5) is 4.52. The molecule has 0 unspecified atom stereocenters. The van der Waals surface area contributed by atoms with E-state index in [1.165, 1.54) is 0 Å². The van der Waals surface area contributed by atoms with Gasteiger partial charge in [-0.3, -0.25) is 0 Å². The highest BCUT2D eigenvalue weighted by atomic mass is 79.9. The van der Waals surface area contributed by atoms with Crippen molar-refractivity contribution in [3.8, 4) is 23.0 Å². The fourth-order valence-corrected chi connectivity index (χ4v) is 3.47. The Kier molecular flexibility index (Phi) is 4.22. The van der Waals surface area contributed by atoms with Crippen molar-refractivity contribution in [2.24, 2.45) is 0 Å². The van der Waals surface area contributed by atoms with Gasteiger partial charge in [0.15, 0.2) is 5.58 Å². The number of aryl methyl sites for hydroxylation is 1. The van der Waals surface area contributed by atoms with E-state index < -0.39 is 0 Å². The molecule has 0 saturated heterocycles. The molecular weight excluding hydrogens is 482 g/mol. The topological polar surface area (TPSA) is 55.5 Å². The van der Waals surface area contributed by atoms with Crippen molar-refractivity contribution >= 4 is 58.9 Å². The summed E-state index contributed by atoms with van der Waals surface area (Å²) in [6.45, 7) is 1.78. The number of ether oxygens (including phenoxy) is 1. The molecule has 114 valence electrons. The average molecular weight is 492 g/mol. The fraction of sp³-hybridized carbons (Fsp3) is 0.133. The van der Waals surface area contributed by atoms with Gasteiger partial charge in [-0.1, -0.05) is 0 Å². The van der Waals surface area contributed by atoms with E-state index in [9.17, 15) is 5.11 Å². The second-order valence-electron chi connectivity index (χ2n) is 4.65. The number of aromatic nitrogens is 1. The maximum absolute atomic E-state index is 10.1. The molecule has 3 aromatic rings. The van der Waals surface area contributed by atoms with Gasteiger partial charge in [-0.2, -0.15) is 0 Å². The summed E-state index contributed by atoms with van der Waals surface area (Å²) in [6, 6.07) is 5.60. The fourth-order valence-electron chi connectivity index (χ4n) is 2.12. The SMILES string of the molecule is COc1cc(-c2nc3c(Br)c(Br)c(O)c(C)c3o2)ccc1Br. The van der Waals surface area contributed by atoms with Gasteiger partial charge in [-0.05, 0) is 72.9 Å². The number of aromatic hydroxyl groups is 1. The molecule has 0 spiro atoms. The van der Waals surface area contributed by atoms with Crippen LogP contribution in [0.4, 0.5) is 0 Å². The zero-order chi connectivity index (χ0) is 16.0. The second kappa shape index (κ2) is 5.86. The van der Waals surface area contributed by atoms with E-state index in [0.717, 1.165) is 10.0 Å². The Morgan fingerprint density at radius 3 is 2.59 bits per heavy atom. The zero-order valence-corrected chi connectivity index (χ0v) is 16.3. The van der Waals surface area contributed by atoms with Gasteiger partial charge in [0.2, 0.25) is 5.89 Å². The molecule has 0 aliphatic carbocycles. The van der Waals surface area contributed by atoms with Gasteiger partial charge in [0.1, 0.15) is 17.0 Å². The number of phenolic OH excluding ortho intramolecular Hbond substituents is 1. The first-order valence-corrected chi connectivity index (χ1v) is 8.63. The van der Waals surface area contributed by atoms with Crippen LogP contribution in [-0.4, -0.2) is 17.2 Å². The van der Waals surface area contributed by atoms with E-state index in [2.05, 4.69) is 52.8 Å². The third-order valence-corrected chi connectivity index (χ3v) is 6.06. The number of halogens is 3. The van der Waals surface area contributed by atoms with E-state index in [1.54, 1.807) is 14.0 Å². The Morgan fingerprint density at radius 1 is 1.18 bits per heavy atom. The summed E-state index contributed by atoms with van der Waals surface area (Å²) in [6.07, 6.45) is 0. The highest BCUT2D eigenvalue weighted by Crippen LogP contribution is 2.43. The quantitative estimate of drug-likeness (QED) is 0.492. The summed E-state index contributed by atoms with van der Waals surface area (Å²) < 4.78 is 13.2. The molecule has 0 radical (unpaired) electrons. The number of hydrogen-bond donors (Lipinski definition) is 1. The molecule has 0 saturated carbocycles. The summed E-state index contributed by atoms with van der Waals surface area (Å²) in [7, 11) is 1.60. The molecule has 7 heteroatoms. The highest BCUT2D eigenvalue weighted by molar-refractivity contribution is 9.13. The Hall–Kier alpha value is -1.05. The first kappa shape index (κ1) is 15.8. The molecule has 0 amide bonds. The summed E-state index contributed by atoms with van der Waals surface area (Å²) in [5.74, 6) is 1.29. The van der Waals surface area contributed by atoms with Crippen LogP contribution >= 0.6 is 47.8 Å². The van der Waals surface area contributed by atoms with E-state index in [1.807, 2.05) is 18.2 Å². The molecule has 1 heterocycles. The number of rotatable bonds is 2. The molecule has 0 bridgehead atoms. The van der Waals surface area contributed by atoms with Crippen molar-refractivity contribution in [3.63, 3.8) is 0 Å². The predicted octanol–water partition coefficient (Wildman–Crippen LogP) is 5.80. The predicted molar refractivity (Wildman–Crippen MR) is 95.5 cm³/mol. The van der Waals surface area contributed by atoms with Crippen molar-refractivity contribution in [3.05, 3.63) is 37.2 Å². The first-order valence-electron chi connectivity index (χ1n) is 6.25. The molecule has 0 atom stereocenters. The van der Waals surface area contributed by atoms with E-state index >= 15 is 0 Å². The third-order valence-electron chi connectivity index (χ3n) is 3.33. The van der Waals surface area contributed by atoms with E-state index in [0.29, 0.717) is 37.2 Å². The van der Waals surface area contributed by atoms with Crippen LogP contribution < -0.4 is 4.74 Å². The Bertz CT molecular complexity index is 845. The van der Waals surface area contributed by atoms with E-state index in [-0.39, 0.29) is 5.75 Å². The van der Waals surface area contributed by atoms with Gasteiger partial charge in [0.25, 0.3) is 0 Å². The smallest absolute Gasteiger partial charge is 0.227 e. The Morgan fingerprint density at radius 2 is 1.91 bits per heavy atom. The molecule has 0 fully saturated rings. The monoisotopic (exact) mass is 489 g/mol. The highest BCUT2D eigenvalue weighted by Gasteiger charge is 2.20. The van der Waals surface area contributed by atoms with Crippen LogP contribution in [0.25, 0.3) is 22.6 Å². The third kappa shape index (κ3) is 2.45. The number of fused-ring (bicyclic) bond motifs is 1. The Balaban J connectivity index is 2.25. The molecule has 22 heavy (non-hydrogen) atoms. The summed E-state index contributed by atoms with van der Waals surface area (Å²) in [5.41, 5.74) is 2.62. The number of benzene rings is 2. The Labute approximate surface area is 151 Å². The van der Waals surface area contributed by atoms with Crippen LogP contribution in [0.2, 0.25) is 0 Å². The number of phenols is 1. The van der Waals surface area contributed by atoms with Crippen LogP contribution in [0.5, 0.6) is 11.5 Å². The van der Waals surface area contributed by atoms with E-state index in [4.69, 9.17) is 9.15 Å². The summed E-state index contributed by atoms with van der Waals surface area (Å²) >= 11 is 10.2. The molecular formula is C15H10Br3NO3. The number of nitrogens with zero attached hydrogens (tertiary/aromatic N) is 1. The van der Waals surface area contributed by atoms with Gasteiger partial charge in [-0.15, -0.1) is 0 Å². The number of oxazole rings is 1. The zero-order valence-electron chi connectivity index (χ0n) is 11.6. The molecule has 0 aliphatic heterocycles. The van der Waals surface area contributed by atoms with Crippen LogP contribution in [0.15, 0.2) is 36.0 Å². The maximum Gasteiger partial charge on any atom is 0.227 e.